The molecule has 0 radical (unpaired) electrons. The Morgan fingerprint density at radius 1 is 1.00 bits per heavy atom. The van der Waals surface area contributed by atoms with Crippen molar-refractivity contribution in [2.24, 2.45) is 0 Å². The molecule has 3 aromatic rings. The van der Waals surface area contributed by atoms with Crippen molar-refractivity contribution in [2.75, 3.05) is 19.0 Å². The van der Waals surface area contributed by atoms with Crippen LogP contribution in [0, 0.1) is 0 Å². The van der Waals surface area contributed by atoms with E-state index in [1.54, 1.807) is 61.7 Å². The van der Waals surface area contributed by atoms with E-state index < -0.39 is 0 Å². The molecule has 0 atom stereocenters. The molecule has 1 aliphatic rings. The number of benzene rings is 3. The molecule has 0 saturated heterocycles. The number of carbonyl (C=O) groups is 2. The Hall–Kier alpha value is -3.57. The van der Waals surface area contributed by atoms with Crippen LogP contribution in [0.2, 0.25) is 5.02 Å². The van der Waals surface area contributed by atoms with E-state index in [1.165, 1.54) is 0 Å². The topological polar surface area (TPSA) is 64.6 Å². The lowest BCUT2D eigenvalue weighted by Crippen LogP contribution is -2.11. The fourth-order valence-corrected chi connectivity index (χ4v) is 3.32. The molecular formula is C24H18ClNO4. The summed E-state index contributed by atoms with van der Waals surface area (Å²) in [5.74, 6) is 0.973. The number of ether oxygens (including phenoxy) is 2. The zero-order valence-electron chi connectivity index (χ0n) is 16.1. The monoisotopic (exact) mass is 419 g/mol. The first-order chi connectivity index (χ1) is 14.5. The van der Waals surface area contributed by atoms with Gasteiger partial charge in [0.05, 0.1) is 12.8 Å². The lowest BCUT2D eigenvalue weighted by molar-refractivity contribution is -0.110. The normalized spacial score (nSPS) is 13.7. The molecule has 0 unspecified atom stereocenters. The van der Waals surface area contributed by atoms with Gasteiger partial charge in [-0.1, -0.05) is 29.8 Å². The molecule has 0 saturated carbocycles. The fraction of sp³-hybridized carbons (Fsp3) is 0.0833. The summed E-state index contributed by atoms with van der Waals surface area (Å²) in [5, 5.41) is 3.38. The number of carbonyl (C=O) groups excluding carboxylic acids is 2. The Labute approximate surface area is 178 Å². The minimum absolute atomic E-state index is 0.0662. The second kappa shape index (κ2) is 8.43. The van der Waals surface area contributed by atoms with Gasteiger partial charge < -0.3 is 14.8 Å². The summed E-state index contributed by atoms with van der Waals surface area (Å²) in [6.07, 6.45) is 1.81. The minimum atomic E-state index is -0.169. The van der Waals surface area contributed by atoms with Crippen LogP contribution in [-0.2, 0) is 4.79 Å². The van der Waals surface area contributed by atoms with Gasteiger partial charge in [0.15, 0.2) is 12.4 Å². The first-order valence-corrected chi connectivity index (χ1v) is 9.64. The molecule has 1 heterocycles. The van der Waals surface area contributed by atoms with E-state index in [9.17, 15) is 9.59 Å². The Morgan fingerprint density at radius 2 is 1.70 bits per heavy atom. The molecule has 150 valence electrons. The largest absolute Gasteiger partial charge is 0.497 e. The van der Waals surface area contributed by atoms with Gasteiger partial charge in [0.25, 0.3) is 5.91 Å². The van der Waals surface area contributed by atoms with Gasteiger partial charge in [-0.15, -0.1) is 0 Å². The summed E-state index contributed by atoms with van der Waals surface area (Å²) in [7, 11) is 1.58. The van der Waals surface area contributed by atoms with E-state index in [2.05, 4.69) is 5.32 Å². The van der Waals surface area contributed by atoms with Crippen LogP contribution in [-0.4, -0.2) is 25.4 Å². The van der Waals surface area contributed by atoms with E-state index in [-0.39, 0.29) is 18.3 Å². The van der Waals surface area contributed by atoms with Gasteiger partial charge in [-0.05, 0) is 60.2 Å². The molecule has 0 bridgehead atoms. The highest BCUT2D eigenvalue weighted by Crippen LogP contribution is 2.35. The zero-order chi connectivity index (χ0) is 21.1. The first kappa shape index (κ1) is 19.7. The molecule has 6 heteroatoms. The number of nitrogens with one attached hydrogen (secondary N) is 1. The number of halogens is 1. The fourth-order valence-electron chi connectivity index (χ4n) is 3.15. The lowest BCUT2D eigenvalue weighted by Gasteiger charge is -2.07. The second-order valence-electron chi connectivity index (χ2n) is 6.71. The summed E-state index contributed by atoms with van der Waals surface area (Å²) in [4.78, 5) is 24.5. The molecule has 30 heavy (non-hydrogen) atoms. The van der Waals surface area contributed by atoms with Crippen LogP contribution in [0.5, 0.6) is 11.5 Å². The molecule has 1 aliphatic heterocycles. The number of amides is 1. The van der Waals surface area contributed by atoms with Crippen LogP contribution in [0.1, 0.15) is 21.5 Å². The van der Waals surface area contributed by atoms with E-state index in [0.717, 1.165) is 11.1 Å². The van der Waals surface area contributed by atoms with Crippen molar-refractivity contribution >= 4 is 40.6 Å². The maximum Gasteiger partial charge on any atom is 0.256 e. The van der Waals surface area contributed by atoms with Crippen LogP contribution >= 0.6 is 11.6 Å². The number of Topliss-reactive ketones (excluding diaryl/α,β-unsaturated/α-hetero) is 1. The third-order valence-corrected chi connectivity index (χ3v) is 4.97. The van der Waals surface area contributed by atoms with Crippen LogP contribution < -0.4 is 14.8 Å². The van der Waals surface area contributed by atoms with Gasteiger partial charge in [0, 0.05) is 21.7 Å². The van der Waals surface area contributed by atoms with Gasteiger partial charge in [0.1, 0.15) is 11.5 Å². The number of anilines is 1. The molecule has 0 aliphatic carbocycles. The van der Waals surface area contributed by atoms with Crippen molar-refractivity contribution in [2.45, 2.75) is 0 Å². The molecule has 0 spiro atoms. The third kappa shape index (κ3) is 4.21. The summed E-state index contributed by atoms with van der Waals surface area (Å²) in [5.41, 5.74) is 3.50. The van der Waals surface area contributed by atoms with Crippen molar-refractivity contribution < 1.29 is 19.1 Å². The van der Waals surface area contributed by atoms with Crippen LogP contribution in [0.25, 0.3) is 11.6 Å². The van der Waals surface area contributed by atoms with Crippen LogP contribution in [0.15, 0.2) is 66.7 Å². The van der Waals surface area contributed by atoms with Gasteiger partial charge in [-0.3, -0.25) is 9.59 Å². The van der Waals surface area contributed by atoms with Crippen LogP contribution in [0.3, 0.4) is 0 Å². The Morgan fingerprint density at radius 3 is 2.40 bits per heavy atom. The summed E-state index contributed by atoms with van der Waals surface area (Å²) in [6, 6.07) is 19.4. The van der Waals surface area contributed by atoms with Gasteiger partial charge in [-0.25, -0.2) is 0 Å². The summed E-state index contributed by atoms with van der Waals surface area (Å²) >= 11 is 5.99. The Bertz CT molecular complexity index is 1130. The number of fused-ring (bicyclic) bond motifs is 1. The number of rotatable bonds is 6. The smallest absolute Gasteiger partial charge is 0.256 e. The predicted octanol–water partition coefficient (Wildman–Crippen LogP) is 5.10. The Kier molecular flexibility index (Phi) is 5.55. The zero-order valence-corrected chi connectivity index (χ0v) is 16.9. The predicted molar refractivity (Wildman–Crippen MR) is 117 cm³/mol. The molecule has 1 amide bonds. The van der Waals surface area contributed by atoms with Crippen molar-refractivity contribution in [3.8, 4) is 11.5 Å². The Balaban J connectivity index is 1.43. The van der Waals surface area contributed by atoms with Crippen LogP contribution in [0.4, 0.5) is 5.69 Å². The number of hydrogen-bond donors (Lipinski definition) is 1. The third-order valence-electron chi connectivity index (χ3n) is 4.74. The maximum atomic E-state index is 12.3. The van der Waals surface area contributed by atoms with Crippen molar-refractivity contribution in [3.05, 3.63) is 88.4 Å². The molecule has 1 N–H and O–H groups in total. The van der Waals surface area contributed by atoms with Crippen molar-refractivity contribution in [3.63, 3.8) is 0 Å². The molecular weight excluding hydrogens is 402 g/mol. The number of ketones is 1. The summed E-state index contributed by atoms with van der Waals surface area (Å²) in [6.45, 7) is -0.0662. The highest BCUT2D eigenvalue weighted by atomic mass is 35.5. The molecule has 4 rings (SSSR count). The van der Waals surface area contributed by atoms with E-state index in [0.29, 0.717) is 33.3 Å². The molecule has 0 fully saturated rings. The van der Waals surface area contributed by atoms with E-state index in [1.807, 2.05) is 18.2 Å². The van der Waals surface area contributed by atoms with Gasteiger partial charge >= 0.3 is 0 Å². The first-order valence-electron chi connectivity index (χ1n) is 9.26. The minimum Gasteiger partial charge on any atom is -0.497 e. The van der Waals surface area contributed by atoms with Crippen molar-refractivity contribution in [1.29, 1.82) is 0 Å². The van der Waals surface area contributed by atoms with Crippen molar-refractivity contribution in [1.82, 2.24) is 0 Å². The standard InChI is InChI=1S/C24H18ClNO4/c1-29-18-9-4-16(5-10-18)23(27)14-30-19-7-2-15(3-8-19)12-21-20-11-6-17(25)13-22(20)26-24(21)28/h2-13H,14H2,1H3,(H,26,28)/b21-12-. The molecule has 0 aromatic heterocycles. The highest BCUT2D eigenvalue weighted by Gasteiger charge is 2.24. The number of hydrogen-bond acceptors (Lipinski definition) is 4. The quantitative estimate of drug-likeness (QED) is 0.445. The van der Waals surface area contributed by atoms with E-state index in [4.69, 9.17) is 21.1 Å². The number of methoxy groups -OCH3 is 1. The maximum absolute atomic E-state index is 12.3. The highest BCUT2D eigenvalue weighted by molar-refractivity contribution is 6.36. The van der Waals surface area contributed by atoms with Gasteiger partial charge in [0.2, 0.25) is 0 Å². The average molecular weight is 420 g/mol. The second-order valence-corrected chi connectivity index (χ2v) is 7.15. The molecule has 5 nitrogen and oxygen atoms in total. The molecule has 3 aromatic carbocycles. The SMILES string of the molecule is COc1ccc(C(=O)COc2ccc(/C=C3\C(=O)Nc4cc(Cl)ccc43)cc2)cc1. The lowest BCUT2D eigenvalue weighted by atomic mass is 10.0. The summed E-state index contributed by atoms with van der Waals surface area (Å²) < 4.78 is 10.7. The average Bonchev–Trinajstić information content (AvgIpc) is 3.07. The van der Waals surface area contributed by atoms with Gasteiger partial charge in [-0.2, -0.15) is 0 Å². The van der Waals surface area contributed by atoms with E-state index >= 15 is 0 Å².